The van der Waals surface area contributed by atoms with Gasteiger partial charge in [-0.25, -0.2) is 14.3 Å². The molecule has 1 fully saturated rings. The third-order valence-electron chi connectivity index (χ3n) is 5.12. The zero-order valence-corrected chi connectivity index (χ0v) is 19.6. The fourth-order valence-electron chi connectivity index (χ4n) is 3.45. The van der Waals surface area contributed by atoms with E-state index in [9.17, 15) is 19.5 Å². The van der Waals surface area contributed by atoms with Crippen molar-refractivity contribution in [1.82, 2.24) is 30.2 Å². The number of aromatic hydroxyl groups is 1. The topological polar surface area (TPSA) is 166 Å². The number of aromatic amines is 1. The molecule has 12 nitrogen and oxygen atoms in total. The molecule has 0 bridgehead atoms. The number of carbonyl (C=O) groups is 2. The fourth-order valence-corrected chi connectivity index (χ4v) is 3.78. The summed E-state index contributed by atoms with van der Waals surface area (Å²) in [6.07, 6.45) is 4.39. The van der Waals surface area contributed by atoms with Gasteiger partial charge in [0.05, 0.1) is 16.4 Å². The monoisotopic (exact) mass is 530 g/mol. The maximum atomic E-state index is 12.0. The van der Waals surface area contributed by atoms with Gasteiger partial charge in [0.15, 0.2) is 0 Å². The third-order valence-corrected chi connectivity index (χ3v) is 5.70. The van der Waals surface area contributed by atoms with Crippen molar-refractivity contribution < 1.29 is 14.7 Å². The Labute approximate surface area is 202 Å². The highest BCUT2D eigenvalue weighted by Gasteiger charge is 2.26. The van der Waals surface area contributed by atoms with E-state index in [2.05, 4.69) is 52.1 Å². The molecule has 2 amide bonds. The van der Waals surface area contributed by atoms with Crippen LogP contribution in [0, 0.1) is 0 Å². The summed E-state index contributed by atoms with van der Waals surface area (Å²) in [5.74, 6) is 0.445. The van der Waals surface area contributed by atoms with E-state index < -0.39 is 11.7 Å². The van der Waals surface area contributed by atoms with Gasteiger partial charge in [0.2, 0.25) is 23.6 Å². The van der Waals surface area contributed by atoms with Crippen molar-refractivity contribution >= 4 is 45.2 Å². The lowest BCUT2D eigenvalue weighted by molar-refractivity contribution is -0.125. The number of amides is 2. The Morgan fingerprint density at radius 3 is 2.88 bits per heavy atom. The number of aromatic nitrogens is 4. The molecule has 34 heavy (non-hydrogen) atoms. The van der Waals surface area contributed by atoms with E-state index in [1.165, 1.54) is 6.20 Å². The number of halogens is 1. The number of imidazole rings is 1. The molecule has 0 aliphatic carbocycles. The molecule has 4 rings (SSSR count). The highest BCUT2D eigenvalue weighted by molar-refractivity contribution is 9.10. The lowest BCUT2D eigenvalue weighted by Gasteiger charge is -2.12. The molecule has 0 radical (unpaired) electrons. The van der Waals surface area contributed by atoms with Crippen LogP contribution in [0.15, 0.2) is 45.9 Å². The van der Waals surface area contributed by atoms with Crippen LogP contribution in [0.4, 0.5) is 17.5 Å². The molecule has 1 aliphatic rings. The summed E-state index contributed by atoms with van der Waals surface area (Å²) >= 11 is 3.42. The largest absolute Gasteiger partial charge is 0.493 e. The molecule has 0 spiro atoms. The van der Waals surface area contributed by atoms with Crippen LogP contribution in [0.1, 0.15) is 19.3 Å². The van der Waals surface area contributed by atoms with Crippen LogP contribution in [0.3, 0.4) is 0 Å². The van der Waals surface area contributed by atoms with E-state index in [0.29, 0.717) is 60.0 Å². The Morgan fingerprint density at radius 1 is 1.29 bits per heavy atom. The molecule has 2 aromatic heterocycles. The first-order valence-electron chi connectivity index (χ1n) is 10.6. The Morgan fingerprint density at radius 2 is 2.15 bits per heavy atom. The standard InChI is InChI=1S/C21H23BrN8O4/c22-14-10-25-20(27-12-3-1-4-13(9-12)30-17(32)11-26-21(30)34)29-18(14)23-7-2-8-24-19(33)15-5-6-16(31)28-15/h1,3-4,9-11,15,32H,2,5-8H2,(H,24,33)(H,26,34)(H,28,31)(H2,23,25,27,29). The SMILES string of the molecule is O=C1CCC(C(=O)NCCCNc2nc(Nc3cccc(-n4c(O)c[nH]c4=O)c3)ncc2Br)N1. The zero-order valence-electron chi connectivity index (χ0n) is 18.0. The second-order valence-electron chi connectivity index (χ2n) is 7.58. The molecular formula is C21H23BrN8O4. The van der Waals surface area contributed by atoms with Gasteiger partial charge in [-0.1, -0.05) is 6.07 Å². The van der Waals surface area contributed by atoms with Crippen molar-refractivity contribution in [2.75, 3.05) is 23.7 Å². The summed E-state index contributed by atoms with van der Waals surface area (Å²) in [7, 11) is 0. The second-order valence-corrected chi connectivity index (χ2v) is 8.44. The first kappa shape index (κ1) is 23.3. The summed E-state index contributed by atoms with van der Waals surface area (Å²) < 4.78 is 1.81. The van der Waals surface area contributed by atoms with Crippen LogP contribution < -0.4 is 27.0 Å². The third kappa shape index (κ3) is 5.54. The molecule has 6 N–H and O–H groups in total. The number of rotatable bonds is 9. The number of hydrogen-bond donors (Lipinski definition) is 6. The summed E-state index contributed by atoms with van der Waals surface area (Å²) in [5, 5.41) is 21.6. The normalized spacial score (nSPS) is 15.1. The van der Waals surface area contributed by atoms with Gasteiger partial charge in [0, 0.05) is 31.4 Å². The minimum absolute atomic E-state index is 0.0944. The number of benzene rings is 1. The number of nitrogens with zero attached hydrogens (tertiary/aromatic N) is 3. The number of anilines is 3. The molecule has 1 aromatic carbocycles. The lowest BCUT2D eigenvalue weighted by atomic mass is 10.2. The van der Waals surface area contributed by atoms with E-state index in [4.69, 9.17) is 0 Å². The van der Waals surface area contributed by atoms with Crippen LogP contribution in [0.5, 0.6) is 5.88 Å². The van der Waals surface area contributed by atoms with Crippen molar-refractivity contribution in [1.29, 1.82) is 0 Å². The van der Waals surface area contributed by atoms with Gasteiger partial charge >= 0.3 is 5.69 Å². The molecule has 1 aliphatic heterocycles. The highest BCUT2D eigenvalue weighted by Crippen LogP contribution is 2.23. The summed E-state index contributed by atoms with van der Waals surface area (Å²) in [6, 6.07) is 6.45. The van der Waals surface area contributed by atoms with Gasteiger partial charge in [-0.2, -0.15) is 4.98 Å². The molecule has 3 heterocycles. The number of H-pyrrole nitrogens is 1. The average Bonchev–Trinajstić information content (AvgIpc) is 3.40. The predicted molar refractivity (Wildman–Crippen MR) is 128 cm³/mol. The molecule has 0 saturated carbocycles. The van der Waals surface area contributed by atoms with Gasteiger partial charge < -0.3 is 31.4 Å². The summed E-state index contributed by atoms with van der Waals surface area (Å²) in [5.41, 5.74) is 0.647. The van der Waals surface area contributed by atoms with Crippen LogP contribution in [-0.2, 0) is 9.59 Å². The second kappa shape index (κ2) is 10.4. The van der Waals surface area contributed by atoms with Gasteiger partial charge in [0.1, 0.15) is 11.9 Å². The van der Waals surface area contributed by atoms with Gasteiger partial charge in [-0.3, -0.25) is 9.59 Å². The Hall–Kier alpha value is -3.87. The van der Waals surface area contributed by atoms with Crippen molar-refractivity contribution in [2.45, 2.75) is 25.3 Å². The van der Waals surface area contributed by atoms with Gasteiger partial charge in [0.25, 0.3) is 0 Å². The number of nitrogens with one attached hydrogen (secondary N) is 5. The highest BCUT2D eigenvalue weighted by atomic mass is 79.9. The average molecular weight is 531 g/mol. The minimum atomic E-state index is -0.454. The summed E-state index contributed by atoms with van der Waals surface area (Å²) in [6.45, 7) is 1.02. The molecule has 1 atom stereocenters. The Bertz CT molecular complexity index is 1260. The molecule has 178 valence electrons. The fraction of sp³-hybridized carbons (Fsp3) is 0.286. The van der Waals surface area contributed by atoms with E-state index >= 15 is 0 Å². The maximum Gasteiger partial charge on any atom is 0.333 e. The van der Waals surface area contributed by atoms with Crippen LogP contribution in [0.25, 0.3) is 5.69 Å². The maximum absolute atomic E-state index is 12.0. The first-order valence-corrected chi connectivity index (χ1v) is 11.4. The van der Waals surface area contributed by atoms with Crippen LogP contribution >= 0.6 is 15.9 Å². The Balaban J connectivity index is 1.32. The van der Waals surface area contributed by atoms with E-state index in [1.807, 2.05) is 0 Å². The van der Waals surface area contributed by atoms with Crippen molar-refractivity contribution in [3.05, 3.63) is 51.6 Å². The first-order chi connectivity index (χ1) is 16.4. The van der Waals surface area contributed by atoms with E-state index in [-0.39, 0.29) is 17.7 Å². The molecular weight excluding hydrogens is 508 g/mol. The van der Waals surface area contributed by atoms with E-state index in [1.54, 1.807) is 30.5 Å². The van der Waals surface area contributed by atoms with E-state index in [0.717, 1.165) is 4.57 Å². The van der Waals surface area contributed by atoms with Crippen LogP contribution in [0.2, 0.25) is 0 Å². The van der Waals surface area contributed by atoms with Crippen molar-refractivity contribution in [3.63, 3.8) is 0 Å². The van der Waals surface area contributed by atoms with Crippen molar-refractivity contribution in [2.24, 2.45) is 0 Å². The van der Waals surface area contributed by atoms with Crippen LogP contribution in [-0.4, -0.2) is 55.6 Å². The number of carbonyl (C=O) groups excluding carboxylic acids is 2. The quantitative estimate of drug-likeness (QED) is 0.225. The molecule has 1 saturated heterocycles. The van der Waals surface area contributed by atoms with Crippen molar-refractivity contribution in [3.8, 4) is 11.6 Å². The molecule has 13 heteroatoms. The summed E-state index contributed by atoms with van der Waals surface area (Å²) in [4.78, 5) is 46.3. The molecule has 1 unspecified atom stereocenters. The zero-order chi connectivity index (χ0) is 24.1. The lowest BCUT2D eigenvalue weighted by Crippen LogP contribution is -2.42. The minimum Gasteiger partial charge on any atom is -0.493 e. The van der Waals surface area contributed by atoms with Gasteiger partial charge in [-0.15, -0.1) is 0 Å². The smallest absolute Gasteiger partial charge is 0.333 e. The Kier molecular flexibility index (Phi) is 7.11. The predicted octanol–water partition coefficient (Wildman–Crippen LogP) is 1.36. The van der Waals surface area contributed by atoms with Gasteiger partial charge in [-0.05, 0) is 47.0 Å². The number of hydrogen-bond acceptors (Lipinski definition) is 8. The molecule has 3 aromatic rings.